The average Bonchev–Trinajstić information content (AvgIpc) is 2.92. The lowest BCUT2D eigenvalue weighted by molar-refractivity contribution is 0.0678. The molecule has 4 heteroatoms. The van der Waals surface area contributed by atoms with Crippen molar-refractivity contribution in [1.82, 2.24) is 4.90 Å². The summed E-state index contributed by atoms with van der Waals surface area (Å²) in [5, 5.41) is 0. The highest BCUT2D eigenvalue weighted by Gasteiger charge is 2.53. The minimum Gasteiger partial charge on any atom is -0.493 e. The van der Waals surface area contributed by atoms with Crippen molar-refractivity contribution >= 4 is 0 Å². The predicted octanol–water partition coefficient (Wildman–Crippen LogP) is 3.08. The maximum Gasteiger partial charge on any atom is 0.161 e. The lowest BCUT2D eigenvalue weighted by Gasteiger charge is -2.48. The summed E-state index contributed by atoms with van der Waals surface area (Å²) < 4.78 is 11.0. The van der Waals surface area contributed by atoms with E-state index in [4.69, 9.17) is 15.2 Å². The van der Waals surface area contributed by atoms with Gasteiger partial charge >= 0.3 is 0 Å². The van der Waals surface area contributed by atoms with Crippen LogP contribution in [0.1, 0.15) is 50.5 Å². The Bertz CT molecular complexity index is 601. The summed E-state index contributed by atoms with van der Waals surface area (Å²) in [6.45, 7) is 1.22. The van der Waals surface area contributed by atoms with E-state index in [2.05, 4.69) is 23.1 Å². The molecule has 4 nitrogen and oxygen atoms in total. The lowest BCUT2D eigenvalue weighted by atomic mass is 9.65. The fourth-order valence-electron chi connectivity index (χ4n) is 5.25. The van der Waals surface area contributed by atoms with Gasteiger partial charge in [0.1, 0.15) is 0 Å². The molecule has 0 unspecified atom stereocenters. The van der Waals surface area contributed by atoms with Gasteiger partial charge in [-0.25, -0.2) is 0 Å². The molecule has 1 aromatic rings. The third kappa shape index (κ3) is 2.42. The fraction of sp³-hybridized carbons (Fsp3) is 0.700. The van der Waals surface area contributed by atoms with Gasteiger partial charge in [-0.2, -0.15) is 0 Å². The van der Waals surface area contributed by atoms with Crippen LogP contribution < -0.4 is 15.2 Å². The van der Waals surface area contributed by atoms with Crippen LogP contribution in [0.5, 0.6) is 11.5 Å². The second-order valence-corrected chi connectivity index (χ2v) is 7.85. The number of nitrogens with two attached hydrogens (primary N) is 1. The zero-order valence-corrected chi connectivity index (χ0v) is 15.0. The Morgan fingerprint density at radius 2 is 1.88 bits per heavy atom. The molecule has 3 atom stereocenters. The second kappa shape index (κ2) is 6.23. The average molecular weight is 330 g/mol. The molecule has 1 heterocycles. The number of hydrogen-bond donors (Lipinski definition) is 1. The van der Waals surface area contributed by atoms with Gasteiger partial charge in [-0.05, 0) is 62.8 Å². The monoisotopic (exact) mass is 330 g/mol. The predicted molar refractivity (Wildman–Crippen MR) is 95.8 cm³/mol. The maximum atomic E-state index is 6.38. The third-order valence-electron chi connectivity index (χ3n) is 6.84. The molecule has 24 heavy (non-hydrogen) atoms. The Balaban J connectivity index is 1.71. The minimum atomic E-state index is 0.241. The van der Waals surface area contributed by atoms with E-state index in [-0.39, 0.29) is 5.41 Å². The molecular weight excluding hydrogens is 300 g/mol. The van der Waals surface area contributed by atoms with E-state index in [1.54, 1.807) is 14.2 Å². The van der Waals surface area contributed by atoms with Gasteiger partial charge in [0.2, 0.25) is 0 Å². The molecule has 2 saturated carbocycles. The van der Waals surface area contributed by atoms with E-state index >= 15 is 0 Å². The van der Waals surface area contributed by atoms with Gasteiger partial charge in [-0.1, -0.05) is 12.5 Å². The molecule has 0 amide bonds. The van der Waals surface area contributed by atoms with Crippen LogP contribution in [-0.4, -0.2) is 43.8 Å². The molecule has 0 aromatic heterocycles. The molecule has 1 aliphatic heterocycles. The molecule has 132 valence electrons. The summed E-state index contributed by atoms with van der Waals surface area (Å²) in [6.07, 6.45) is 8.83. The number of fused-ring (bicyclic) bond motifs is 1. The van der Waals surface area contributed by atoms with Crippen LogP contribution in [-0.2, 0) is 5.41 Å². The first-order valence-electron chi connectivity index (χ1n) is 9.42. The first-order chi connectivity index (χ1) is 11.7. The van der Waals surface area contributed by atoms with Gasteiger partial charge in [0.25, 0.3) is 0 Å². The first kappa shape index (κ1) is 16.2. The smallest absolute Gasteiger partial charge is 0.161 e. The largest absolute Gasteiger partial charge is 0.493 e. The number of nitrogens with zero attached hydrogens (tertiary/aromatic N) is 1. The maximum absolute atomic E-state index is 6.38. The summed E-state index contributed by atoms with van der Waals surface area (Å²) in [5.74, 6) is 1.66. The molecule has 0 radical (unpaired) electrons. The van der Waals surface area contributed by atoms with E-state index in [9.17, 15) is 0 Å². The number of ether oxygens (including phenoxy) is 2. The minimum absolute atomic E-state index is 0.241. The zero-order valence-electron chi connectivity index (χ0n) is 15.0. The Kier molecular flexibility index (Phi) is 4.21. The SMILES string of the molecule is COc1ccc([C@@]23CC[C@H](N)C[C@H]2N(C2CCC2)CC3)cc1OC. The molecule has 1 saturated heterocycles. The molecule has 2 N–H and O–H groups in total. The Hall–Kier alpha value is -1.26. The second-order valence-electron chi connectivity index (χ2n) is 7.85. The topological polar surface area (TPSA) is 47.7 Å². The van der Waals surface area contributed by atoms with E-state index in [0.717, 1.165) is 30.4 Å². The molecule has 0 spiro atoms. The van der Waals surface area contributed by atoms with E-state index in [1.165, 1.54) is 44.2 Å². The van der Waals surface area contributed by atoms with Crippen molar-refractivity contribution in [2.24, 2.45) is 5.73 Å². The van der Waals surface area contributed by atoms with Gasteiger partial charge in [0, 0.05) is 23.5 Å². The standard InChI is InChI=1S/C20H30N2O2/c1-23-17-7-6-14(12-18(17)24-2)20-9-8-15(21)13-19(20)22(11-10-20)16-4-3-5-16/h6-7,12,15-16,19H,3-5,8-11,13,21H2,1-2H3/t15-,19+,20-/m0/s1. The van der Waals surface area contributed by atoms with Gasteiger partial charge in [0.15, 0.2) is 11.5 Å². The van der Waals surface area contributed by atoms with Crippen LogP contribution in [0.15, 0.2) is 18.2 Å². The summed E-state index contributed by atoms with van der Waals surface area (Å²) in [7, 11) is 3.43. The van der Waals surface area contributed by atoms with Gasteiger partial charge in [0.05, 0.1) is 14.2 Å². The number of methoxy groups -OCH3 is 2. The highest BCUT2D eigenvalue weighted by molar-refractivity contribution is 5.46. The molecular formula is C20H30N2O2. The van der Waals surface area contributed by atoms with Gasteiger partial charge in [-0.3, -0.25) is 4.90 Å². The number of likely N-dealkylation sites (tertiary alicyclic amines) is 1. The Labute approximate surface area is 145 Å². The molecule has 3 fully saturated rings. The third-order valence-corrected chi connectivity index (χ3v) is 6.84. The summed E-state index contributed by atoms with van der Waals surface area (Å²) in [4.78, 5) is 2.79. The van der Waals surface area contributed by atoms with Crippen LogP contribution in [0, 0.1) is 0 Å². The van der Waals surface area contributed by atoms with Crippen molar-refractivity contribution in [3.8, 4) is 11.5 Å². The highest BCUT2D eigenvalue weighted by Crippen LogP contribution is 2.51. The first-order valence-corrected chi connectivity index (χ1v) is 9.42. The molecule has 4 rings (SSSR count). The number of hydrogen-bond acceptors (Lipinski definition) is 4. The van der Waals surface area contributed by atoms with Crippen molar-refractivity contribution < 1.29 is 9.47 Å². The molecule has 1 aromatic carbocycles. The van der Waals surface area contributed by atoms with Crippen LogP contribution >= 0.6 is 0 Å². The lowest BCUT2D eigenvalue weighted by Crippen LogP contribution is -2.54. The van der Waals surface area contributed by atoms with E-state index in [0.29, 0.717) is 12.1 Å². The van der Waals surface area contributed by atoms with Gasteiger partial charge in [-0.15, -0.1) is 0 Å². The van der Waals surface area contributed by atoms with Crippen molar-refractivity contribution in [1.29, 1.82) is 0 Å². The highest BCUT2D eigenvalue weighted by atomic mass is 16.5. The molecule has 2 aliphatic carbocycles. The summed E-state index contributed by atoms with van der Waals surface area (Å²) >= 11 is 0. The quantitative estimate of drug-likeness (QED) is 0.922. The van der Waals surface area contributed by atoms with Crippen molar-refractivity contribution in [3.05, 3.63) is 23.8 Å². The van der Waals surface area contributed by atoms with Crippen molar-refractivity contribution in [2.45, 2.75) is 68.5 Å². The normalized spacial score (nSPS) is 33.8. The van der Waals surface area contributed by atoms with E-state index < -0.39 is 0 Å². The van der Waals surface area contributed by atoms with Crippen LogP contribution in [0.3, 0.4) is 0 Å². The molecule has 0 bridgehead atoms. The van der Waals surface area contributed by atoms with E-state index in [1.807, 2.05) is 0 Å². The zero-order chi connectivity index (χ0) is 16.7. The Morgan fingerprint density at radius 1 is 1.08 bits per heavy atom. The van der Waals surface area contributed by atoms with Crippen molar-refractivity contribution in [3.63, 3.8) is 0 Å². The molecule has 3 aliphatic rings. The Morgan fingerprint density at radius 3 is 2.54 bits per heavy atom. The van der Waals surface area contributed by atoms with Crippen molar-refractivity contribution in [2.75, 3.05) is 20.8 Å². The number of benzene rings is 1. The fourth-order valence-corrected chi connectivity index (χ4v) is 5.25. The van der Waals surface area contributed by atoms with Crippen LogP contribution in [0.4, 0.5) is 0 Å². The summed E-state index contributed by atoms with van der Waals surface area (Å²) in [6, 6.07) is 8.28. The van der Waals surface area contributed by atoms with Crippen LogP contribution in [0.25, 0.3) is 0 Å². The number of rotatable bonds is 4. The summed E-state index contributed by atoms with van der Waals surface area (Å²) in [5.41, 5.74) is 8.04. The van der Waals surface area contributed by atoms with Gasteiger partial charge < -0.3 is 15.2 Å². The van der Waals surface area contributed by atoms with Crippen LogP contribution in [0.2, 0.25) is 0 Å².